The zero-order valence-corrected chi connectivity index (χ0v) is 21.8. The van der Waals surface area contributed by atoms with E-state index in [1.54, 1.807) is 38.1 Å². The predicted molar refractivity (Wildman–Crippen MR) is 138 cm³/mol. The molecule has 1 aromatic carbocycles. The number of aromatic nitrogens is 3. The summed E-state index contributed by atoms with van der Waals surface area (Å²) in [4.78, 5) is 38.7. The number of esters is 1. The number of amides is 2. The predicted octanol–water partition coefficient (Wildman–Crippen LogP) is 4.78. The zero-order chi connectivity index (χ0) is 25.4. The topological polar surface area (TPSA) is 115 Å². The molecule has 0 spiro atoms. The lowest BCUT2D eigenvalue weighted by Crippen LogP contribution is -2.19. The molecule has 0 radical (unpaired) electrons. The van der Waals surface area contributed by atoms with E-state index in [0.717, 1.165) is 30.0 Å². The Bertz CT molecular complexity index is 1190. The van der Waals surface area contributed by atoms with Gasteiger partial charge in [0, 0.05) is 18.7 Å². The van der Waals surface area contributed by atoms with Crippen molar-refractivity contribution in [3.05, 3.63) is 52.2 Å². The van der Waals surface area contributed by atoms with E-state index >= 15 is 0 Å². The number of thiophene rings is 1. The molecule has 3 rings (SSSR count). The Morgan fingerprint density at radius 1 is 1.09 bits per heavy atom. The highest BCUT2D eigenvalue weighted by Gasteiger charge is 2.27. The second kappa shape index (κ2) is 12.5. The Labute approximate surface area is 212 Å². The number of hydrogen-bond acceptors (Lipinski definition) is 8. The van der Waals surface area contributed by atoms with Crippen LogP contribution >= 0.6 is 23.1 Å². The van der Waals surface area contributed by atoms with E-state index in [-0.39, 0.29) is 28.7 Å². The van der Waals surface area contributed by atoms with Crippen LogP contribution in [0.2, 0.25) is 0 Å². The third-order valence-electron chi connectivity index (χ3n) is 5.03. The number of para-hydroxylation sites is 1. The minimum atomic E-state index is -0.530. The number of ether oxygens (including phenoxy) is 1. The van der Waals surface area contributed by atoms with Crippen molar-refractivity contribution >= 4 is 51.6 Å². The van der Waals surface area contributed by atoms with E-state index in [0.29, 0.717) is 28.0 Å². The van der Waals surface area contributed by atoms with E-state index < -0.39 is 11.9 Å². The van der Waals surface area contributed by atoms with Gasteiger partial charge in [0.25, 0.3) is 5.91 Å². The summed E-state index contributed by atoms with van der Waals surface area (Å²) in [6, 6.07) is 8.98. The van der Waals surface area contributed by atoms with E-state index in [1.165, 1.54) is 11.8 Å². The van der Waals surface area contributed by atoms with Gasteiger partial charge in [-0.3, -0.25) is 9.59 Å². The normalized spacial score (nSPS) is 10.7. The summed E-state index contributed by atoms with van der Waals surface area (Å²) in [5, 5.41) is 15.0. The van der Waals surface area contributed by atoms with Crippen molar-refractivity contribution in [3.63, 3.8) is 0 Å². The second-order valence-electron chi connectivity index (χ2n) is 7.53. The standard InChI is InChI=1S/C24H29N5O4S2/c1-5-11-17-27-28-24(29(17)6-2)34-14-18(30)26-22-19(15(4)20(35-22)23(32)33-7-3)21(31)25-16-12-9-8-10-13-16/h8-10,12-13H,5-7,11,14H2,1-4H3,(H,25,31)(H,26,30). The molecular weight excluding hydrogens is 486 g/mol. The van der Waals surface area contributed by atoms with Crippen LogP contribution in [0.15, 0.2) is 35.5 Å². The lowest BCUT2D eigenvalue weighted by atomic mass is 10.1. The quantitative estimate of drug-likeness (QED) is 0.279. The fourth-order valence-electron chi connectivity index (χ4n) is 3.43. The molecule has 0 aliphatic carbocycles. The molecular formula is C24H29N5O4S2. The van der Waals surface area contributed by atoms with E-state index in [2.05, 4.69) is 27.8 Å². The number of aryl methyl sites for hydroxylation is 1. The van der Waals surface area contributed by atoms with E-state index in [4.69, 9.17) is 4.74 Å². The van der Waals surface area contributed by atoms with Gasteiger partial charge in [0.2, 0.25) is 5.91 Å². The number of nitrogens with one attached hydrogen (secondary N) is 2. The Morgan fingerprint density at radius 2 is 1.83 bits per heavy atom. The van der Waals surface area contributed by atoms with Crippen molar-refractivity contribution in [1.82, 2.24) is 14.8 Å². The number of carbonyl (C=O) groups excluding carboxylic acids is 3. The Hall–Kier alpha value is -3.18. The second-order valence-corrected chi connectivity index (χ2v) is 9.49. The van der Waals surface area contributed by atoms with Crippen LogP contribution in [-0.4, -0.2) is 44.9 Å². The fourth-order valence-corrected chi connectivity index (χ4v) is 5.36. The van der Waals surface area contributed by atoms with E-state index in [9.17, 15) is 14.4 Å². The number of nitrogens with zero attached hydrogens (tertiary/aromatic N) is 3. The molecule has 11 heteroatoms. The number of rotatable bonds is 11. The number of benzene rings is 1. The summed E-state index contributed by atoms with van der Waals surface area (Å²) in [5.41, 5.74) is 1.30. The highest BCUT2D eigenvalue weighted by molar-refractivity contribution is 7.99. The third-order valence-corrected chi connectivity index (χ3v) is 7.19. The summed E-state index contributed by atoms with van der Waals surface area (Å²) in [6.07, 6.45) is 1.77. The van der Waals surface area contributed by atoms with Crippen LogP contribution in [0.1, 0.15) is 58.6 Å². The van der Waals surface area contributed by atoms with Gasteiger partial charge in [-0.05, 0) is 44.9 Å². The highest BCUT2D eigenvalue weighted by atomic mass is 32.2. The lowest BCUT2D eigenvalue weighted by Gasteiger charge is -2.09. The maximum absolute atomic E-state index is 13.1. The van der Waals surface area contributed by atoms with Gasteiger partial charge >= 0.3 is 5.97 Å². The summed E-state index contributed by atoms with van der Waals surface area (Å²) in [5.74, 6) is -0.291. The van der Waals surface area contributed by atoms with Crippen molar-refractivity contribution in [3.8, 4) is 0 Å². The van der Waals surface area contributed by atoms with Gasteiger partial charge in [-0.1, -0.05) is 36.9 Å². The molecule has 186 valence electrons. The molecule has 0 saturated heterocycles. The van der Waals surface area contributed by atoms with Crippen molar-refractivity contribution in [1.29, 1.82) is 0 Å². The molecule has 0 aliphatic rings. The number of hydrogen-bond donors (Lipinski definition) is 2. The zero-order valence-electron chi connectivity index (χ0n) is 20.2. The molecule has 35 heavy (non-hydrogen) atoms. The van der Waals surface area contributed by atoms with Crippen LogP contribution in [0.5, 0.6) is 0 Å². The summed E-state index contributed by atoms with van der Waals surface area (Å²) < 4.78 is 7.13. The van der Waals surface area contributed by atoms with Crippen LogP contribution in [0, 0.1) is 6.92 Å². The minimum absolute atomic E-state index is 0.0791. The van der Waals surface area contributed by atoms with Crippen molar-refractivity contribution in [2.45, 2.75) is 52.2 Å². The van der Waals surface area contributed by atoms with Gasteiger partial charge in [-0.2, -0.15) is 0 Å². The molecule has 2 heterocycles. The van der Waals surface area contributed by atoms with Crippen LogP contribution in [0.4, 0.5) is 10.7 Å². The average Bonchev–Trinajstić information content (AvgIpc) is 3.38. The van der Waals surface area contributed by atoms with Gasteiger partial charge < -0.3 is 19.9 Å². The summed E-state index contributed by atoms with van der Waals surface area (Å²) >= 11 is 2.31. The van der Waals surface area contributed by atoms with Crippen molar-refractivity contribution < 1.29 is 19.1 Å². The molecule has 0 bridgehead atoms. The fraction of sp³-hybridized carbons (Fsp3) is 0.375. The first-order valence-corrected chi connectivity index (χ1v) is 13.2. The first-order valence-electron chi connectivity index (χ1n) is 11.4. The molecule has 0 atom stereocenters. The summed E-state index contributed by atoms with van der Waals surface area (Å²) in [7, 11) is 0. The molecule has 2 aromatic heterocycles. The Kier molecular flexibility index (Phi) is 9.44. The molecule has 0 unspecified atom stereocenters. The molecule has 0 aliphatic heterocycles. The molecule has 9 nitrogen and oxygen atoms in total. The van der Waals surface area contributed by atoms with Gasteiger partial charge in [-0.25, -0.2) is 4.79 Å². The smallest absolute Gasteiger partial charge is 0.348 e. The maximum atomic E-state index is 13.1. The van der Waals surface area contributed by atoms with Gasteiger partial charge in [0.1, 0.15) is 15.7 Å². The molecule has 3 aromatic rings. The third kappa shape index (κ3) is 6.49. The molecule has 2 N–H and O–H groups in total. The lowest BCUT2D eigenvalue weighted by molar-refractivity contribution is -0.113. The first-order chi connectivity index (χ1) is 16.9. The van der Waals surface area contributed by atoms with E-state index in [1.807, 2.05) is 17.6 Å². The number of anilines is 2. The monoisotopic (exact) mass is 515 g/mol. The minimum Gasteiger partial charge on any atom is -0.462 e. The van der Waals surface area contributed by atoms with Gasteiger partial charge in [0.15, 0.2) is 5.16 Å². The first kappa shape index (κ1) is 26.4. The Morgan fingerprint density at radius 3 is 2.49 bits per heavy atom. The van der Waals surface area contributed by atoms with Crippen molar-refractivity contribution in [2.24, 2.45) is 0 Å². The van der Waals surface area contributed by atoms with Crippen LogP contribution in [-0.2, 0) is 22.5 Å². The van der Waals surface area contributed by atoms with Crippen LogP contribution in [0.25, 0.3) is 0 Å². The Balaban J connectivity index is 1.80. The maximum Gasteiger partial charge on any atom is 0.348 e. The largest absolute Gasteiger partial charge is 0.462 e. The SMILES string of the molecule is CCCc1nnc(SCC(=O)Nc2sc(C(=O)OCC)c(C)c2C(=O)Nc2ccccc2)n1CC. The highest BCUT2D eigenvalue weighted by Crippen LogP contribution is 2.34. The number of carbonyl (C=O) groups is 3. The van der Waals surface area contributed by atoms with Gasteiger partial charge in [-0.15, -0.1) is 21.5 Å². The molecule has 0 saturated carbocycles. The van der Waals surface area contributed by atoms with Crippen LogP contribution in [0.3, 0.4) is 0 Å². The van der Waals surface area contributed by atoms with Crippen LogP contribution < -0.4 is 10.6 Å². The summed E-state index contributed by atoms with van der Waals surface area (Å²) in [6.45, 7) is 8.39. The average molecular weight is 516 g/mol. The molecule has 2 amide bonds. The van der Waals surface area contributed by atoms with Gasteiger partial charge in [0.05, 0.1) is 17.9 Å². The van der Waals surface area contributed by atoms with Crippen molar-refractivity contribution in [2.75, 3.05) is 23.0 Å². The molecule has 0 fully saturated rings. The number of thioether (sulfide) groups is 1.